The highest BCUT2D eigenvalue weighted by atomic mass is 16.5. The highest BCUT2D eigenvalue weighted by Crippen LogP contribution is 2.36. The number of ether oxygens (including phenoxy) is 3. The first-order valence-electron chi connectivity index (χ1n) is 10.7. The molecule has 0 bridgehead atoms. The van der Waals surface area contributed by atoms with Crippen LogP contribution in [-0.4, -0.2) is 57.6 Å². The maximum Gasteiger partial charge on any atom is 0.251 e. The summed E-state index contributed by atoms with van der Waals surface area (Å²) < 4.78 is 16.3. The summed E-state index contributed by atoms with van der Waals surface area (Å²) in [5.74, 6) is 1.80. The van der Waals surface area contributed by atoms with Crippen LogP contribution in [-0.2, 0) is 0 Å². The van der Waals surface area contributed by atoms with Gasteiger partial charge in [0.05, 0.1) is 21.3 Å². The number of aliphatic imine (C=N–C) groups is 1. The fourth-order valence-electron chi connectivity index (χ4n) is 3.62. The number of benzene rings is 2. The Bertz CT molecular complexity index is 987. The lowest BCUT2D eigenvalue weighted by Gasteiger charge is -2.21. The Morgan fingerprint density at radius 2 is 1.84 bits per heavy atom. The van der Waals surface area contributed by atoms with Crippen LogP contribution >= 0.6 is 0 Å². The first-order chi connectivity index (χ1) is 15.5. The van der Waals surface area contributed by atoms with Crippen LogP contribution in [0.4, 0.5) is 0 Å². The highest BCUT2D eigenvalue weighted by molar-refractivity contribution is 5.95. The topological polar surface area (TPSA) is 72.4 Å². The minimum atomic E-state index is -0.114. The number of hydrogen-bond donors (Lipinski definition) is 1. The van der Waals surface area contributed by atoms with Gasteiger partial charge in [-0.05, 0) is 61.7 Å². The molecule has 0 spiro atoms. The molecule has 7 nitrogen and oxygen atoms in total. The molecule has 2 aromatic carbocycles. The van der Waals surface area contributed by atoms with Crippen molar-refractivity contribution in [1.29, 1.82) is 0 Å². The lowest BCUT2D eigenvalue weighted by atomic mass is 10.0. The number of methoxy groups -OCH3 is 3. The number of nitrogens with one attached hydrogen (secondary N) is 1. The summed E-state index contributed by atoms with van der Waals surface area (Å²) in [6.07, 6.45) is 7.66. The van der Waals surface area contributed by atoms with E-state index in [1.807, 2.05) is 55.7 Å². The molecule has 1 aliphatic heterocycles. The van der Waals surface area contributed by atoms with Gasteiger partial charge in [-0.15, -0.1) is 0 Å². The normalized spacial score (nSPS) is 13.6. The molecule has 0 saturated heterocycles. The number of rotatable bonds is 10. The van der Waals surface area contributed by atoms with Gasteiger partial charge in [0.1, 0.15) is 12.4 Å². The van der Waals surface area contributed by atoms with E-state index in [2.05, 4.69) is 15.2 Å². The predicted molar refractivity (Wildman–Crippen MR) is 127 cm³/mol. The van der Waals surface area contributed by atoms with E-state index in [1.165, 1.54) is 0 Å². The van der Waals surface area contributed by atoms with E-state index in [0.29, 0.717) is 29.5 Å². The van der Waals surface area contributed by atoms with E-state index in [9.17, 15) is 4.79 Å². The largest absolute Gasteiger partial charge is 0.496 e. The van der Waals surface area contributed by atoms with Crippen LogP contribution in [0.15, 0.2) is 53.7 Å². The third-order valence-electron chi connectivity index (χ3n) is 5.37. The predicted octanol–water partition coefficient (Wildman–Crippen LogP) is 4.14. The molecule has 1 unspecified atom stereocenters. The van der Waals surface area contributed by atoms with Crippen molar-refractivity contribution in [2.75, 3.05) is 34.5 Å². The van der Waals surface area contributed by atoms with Gasteiger partial charge in [-0.1, -0.05) is 6.07 Å². The molecule has 2 aromatic rings. The van der Waals surface area contributed by atoms with Gasteiger partial charge in [0.15, 0.2) is 11.5 Å². The van der Waals surface area contributed by atoms with Gasteiger partial charge < -0.3 is 24.4 Å². The average Bonchev–Trinajstić information content (AvgIpc) is 2.83. The Hall–Kier alpha value is -3.48. The van der Waals surface area contributed by atoms with Crippen LogP contribution in [0.5, 0.6) is 17.2 Å². The lowest BCUT2D eigenvalue weighted by Crippen LogP contribution is -2.33. The molecular formula is C25H31N3O4. The summed E-state index contributed by atoms with van der Waals surface area (Å²) in [5.41, 5.74) is 2.34. The molecule has 0 saturated carbocycles. The number of allylic oxidation sites excluding steroid dienone is 1. The zero-order chi connectivity index (χ0) is 22.9. The monoisotopic (exact) mass is 437 g/mol. The maximum absolute atomic E-state index is 12.8. The van der Waals surface area contributed by atoms with Crippen molar-refractivity contribution in [2.24, 2.45) is 4.99 Å². The van der Waals surface area contributed by atoms with Gasteiger partial charge >= 0.3 is 0 Å². The SMILES string of the molecule is COc1ccc(-c2ccc(C(=O)NC(C)CCCN3C=CC=NC3)cc2OC)cc1OC. The molecule has 170 valence electrons. The quantitative estimate of drug-likeness (QED) is 0.605. The number of nitrogens with zero attached hydrogens (tertiary/aromatic N) is 2. The fraction of sp³-hybridized carbons (Fsp3) is 0.360. The van der Waals surface area contributed by atoms with Gasteiger partial charge in [0, 0.05) is 36.1 Å². The van der Waals surface area contributed by atoms with Crippen molar-refractivity contribution in [1.82, 2.24) is 10.2 Å². The Morgan fingerprint density at radius 1 is 1.06 bits per heavy atom. The standard InChI is InChI=1S/C25H31N3O4/c1-18(7-5-13-28-14-6-12-26-17-28)27-25(29)20-8-10-21(23(16-20)31-3)19-9-11-22(30-2)24(15-19)32-4/h6,8-12,14-16,18H,5,7,13,17H2,1-4H3,(H,27,29). The minimum Gasteiger partial charge on any atom is -0.496 e. The summed E-state index contributed by atoms with van der Waals surface area (Å²) in [6, 6.07) is 11.2. The third-order valence-corrected chi connectivity index (χ3v) is 5.37. The summed E-state index contributed by atoms with van der Waals surface area (Å²) in [7, 11) is 4.80. The van der Waals surface area contributed by atoms with Crippen molar-refractivity contribution >= 4 is 12.1 Å². The average molecular weight is 438 g/mol. The molecule has 32 heavy (non-hydrogen) atoms. The van der Waals surface area contributed by atoms with E-state index in [-0.39, 0.29) is 11.9 Å². The molecule has 3 rings (SSSR count). The second kappa shape index (κ2) is 11.2. The van der Waals surface area contributed by atoms with Gasteiger partial charge in [-0.3, -0.25) is 9.79 Å². The van der Waals surface area contributed by atoms with Crippen LogP contribution in [0.2, 0.25) is 0 Å². The summed E-state index contributed by atoms with van der Waals surface area (Å²) in [6.45, 7) is 3.64. The smallest absolute Gasteiger partial charge is 0.251 e. The van der Waals surface area contributed by atoms with E-state index >= 15 is 0 Å². The van der Waals surface area contributed by atoms with Crippen molar-refractivity contribution in [2.45, 2.75) is 25.8 Å². The molecule has 1 amide bonds. The molecule has 1 atom stereocenters. The third kappa shape index (κ3) is 5.81. The summed E-state index contributed by atoms with van der Waals surface area (Å²) in [5, 5.41) is 3.08. The minimum absolute atomic E-state index is 0.0660. The molecule has 0 fully saturated rings. The van der Waals surface area contributed by atoms with E-state index < -0.39 is 0 Å². The van der Waals surface area contributed by atoms with Gasteiger partial charge in [-0.2, -0.15) is 0 Å². The molecule has 0 aliphatic carbocycles. The van der Waals surface area contributed by atoms with Gasteiger partial charge in [0.2, 0.25) is 0 Å². The first-order valence-corrected chi connectivity index (χ1v) is 10.7. The Morgan fingerprint density at radius 3 is 2.53 bits per heavy atom. The van der Waals surface area contributed by atoms with Crippen molar-refractivity contribution in [3.05, 3.63) is 54.2 Å². The Labute approximate surface area is 189 Å². The maximum atomic E-state index is 12.8. The van der Waals surface area contributed by atoms with Crippen LogP contribution in [0, 0.1) is 0 Å². The van der Waals surface area contributed by atoms with Crippen LogP contribution < -0.4 is 19.5 Å². The summed E-state index contributed by atoms with van der Waals surface area (Å²) >= 11 is 0. The molecule has 1 aliphatic rings. The molecule has 0 radical (unpaired) electrons. The van der Waals surface area contributed by atoms with Crippen LogP contribution in [0.3, 0.4) is 0 Å². The van der Waals surface area contributed by atoms with Crippen molar-refractivity contribution < 1.29 is 19.0 Å². The number of amides is 1. The second-order valence-electron chi connectivity index (χ2n) is 7.63. The van der Waals surface area contributed by atoms with E-state index in [4.69, 9.17) is 14.2 Å². The Kier molecular flexibility index (Phi) is 8.14. The second-order valence-corrected chi connectivity index (χ2v) is 7.63. The Balaban J connectivity index is 1.63. The molecular weight excluding hydrogens is 406 g/mol. The van der Waals surface area contributed by atoms with Crippen LogP contribution in [0.25, 0.3) is 11.1 Å². The van der Waals surface area contributed by atoms with E-state index in [0.717, 1.165) is 30.5 Å². The molecule has 7 heteroatoms. The van der Waals surface area contributed by atoms with Crippen molar-refractivity contribution in [3.8, 4) is 28.4 Å². The molecule has 0 aromatic heterocycles. The van der Waals surface area contributed by atoms with Gasteiger partial charge in [0.25, 0.3) is 5.91 Å². The first kappa shape index (κ1) is 23.2. The van der Waals surface area contributed by atoms with Crippen molar-refractivity contribution in [3.63, 3.8) is 0 Å². The summed E-state index contributed by atoms with van der Waals surface area (Å²) in [4.78, 5) is 19.2. The molecule has 1 heterocycles. The lowest BCUT2D eigenvalue weighted by molar-refractivity contribution is 0.0937. The fourth-order valence-corrected chi connectivity index (χ4v) is 3.62. The zero-order valence-electron chi connectivity index (χ0n) is 19.1. The highest BCUT2D eigenvalue weighted by Gasteiger charge is 2.15. The van der Waals surface area contributed by atoms with E-state index in [1.54, 1.807) is 27.4 Å². The number of carbonyl (C=O) groups is 1. The number of hydrogen-bond acceptors (Lipinski definition) is 6. The van der Waals surface area contributed by atoms with Gasteiger partial charge in [-0.25, -0.2) is 0 Å². The molecule has 1 N–H and O–H groups in total. The van der Waals surface area contributed by atoms with Crippen LogP contribution in [0.1, 0.15) is 30.1 Å². The number of carbonyl (C=O) groups excluding carboxylic acids is 1. The zero-order valence-corrected chi connectivity index (χ0v) is 19.1.